The third-order valence-electron chi connectivity index (χ3n) is 5.51. The molecule has 0 bridgehead atoms. The molecule has 0 unspecified atom stereocenters. The summed E-state index contributed by atoms with van der Waals surface area (Å²) in [7, 11) is 0. The fourth-order valence-electron chi connectivity index (χ4n) is 3.87. The van der Waals surface area contributed by atoms with Gasteiger partial charge < -0.3 is 5.11 Å². The average molecular weight is 409 g/mol. The van der Waals surface area contributed by atoms with Crippen LogP contribution in [0.15, 0.2) is 67.0 Å². The van der Waals surface area contributed by atoms with E-state index in [1.807, 2.05) is 53.4 Å². The highest BCUT2D eigenvalue weighted by molar-refractivity contribution is 5.88. The maximum absolute atomic E-state index is 10.5. The zero-order valence-electron chi connectivity index (χ0n) is 17.7. The molecular formula is C25H23N5O. The summed E-state index contributed by atoms with van der Waals surface area (Å²) in [5, 5.41) is 16.2. The Hall–Kier alpha value is -3.93. The maximum atomic E-state index is 10.5. The molecule has 0 aliphatic heterocycles. The molecule has 0 aliphatic carbocycles. The van der Waals surface area contributed by atoms with Crippen LogP contribution < -0.4 is 0 Å². The van der Waals surface area contributed by atoms with Crippen molar-refractivity contribution in [3.05, 3.63) is 83.9 Å². The van der Waals surface area contributed by atoms with Crippen LogP contribution in [0.4, 0.5) is 0 Å². The number of para-hydroxylation sites is 1. The Morgan fingerprint density at radius 1 is 1.00 bits per heavy atom. The van der Waals surface area contributed by atoms with Gasteiger partial charge in [-0.2, -0.15) is 9.78 Å². The second kappa shape index (κ2) is 7.40. The third-order valence-corrected chi connectivity index (χ3v) is 5.51. The van der Waals surface area contributed by atoms with Crippen LogP contribution in [0.2, 0.25) is 0 Å². The van der Waals surface area contributed by atoms with Gasteiger partial charge in [0.25, 0.3) is 0 Å². The van der Waals surface area contributed by atoms with Gasteiger partial charge in [-0.3, -0.25) is 9.55 Å². The topological polar surface area (TPSA) is 68.8 Å². The van der Waals surface area contributed by atoms with Crippen LogP contribution in [0.1, 0.15) is 23.9 Å². The molecule has 0 aliphatic rings. The Labute approximate surface area is 180 Å². The van der Waals surface area contributed by atoms with Crippen LogP contribution >= 0.6 is 0 Å². The van der Waals surface area contributed by atoms with E-state index in [0.29, 0.717) is 5.82 Å². The molecule has 0 radical (unpaired) electrons. The number of aryl methyl sites for hydroxylation is 3. The Bertz CT molecular complexity index is 1410. The first kappa shape index (κ1) is 19.1. The Morgan fingerprint density at radius 3 is 2.68 bits per heavy atom. The molecule has 6 nitrogen and oxygen atoms in total. The van der Waals surface area contributed by atoms with Gasteiger partial charge in [0.1, 0.15) is 11.6 Å². The van der Waals surface area contributed by atoms with E-state index in [-0.39, 0.29) is 5.75 Å². The third kappa shape index (κ3) is 3.26. The second-order valence-corrected chi connectivity index (χ2v) is 7.68. The summed E-state index contributed by atoms with van der Waals surface area (Å²) in [6, 6.07) is 18.2. The molecule has 0 fully saturated rings. The van der Waals surface area contributed by atoms with E-state index < -0.39 is 0 Å². The summed E-state index contributed by atoms with van der Waals surface area (Å²) in [5.41, 5.74) is 5.63. The lowest BCUT2D eigenvalue weighted by atomic mass is 10.1. The zero-order valence-corrected chi connectivity index (χ0v) is 17.7. The predicted molar refractivity (Wildman–Crippen MR) is 122 cm³/mol. The highest BCUT2D eigenvalue weighted by Crippen LogP contribution is 2.32. The van der Waals surface area contributed by atoms with Gasteiger partial charge in [-0.05, 0) is 44.0 Å². The summed E-state index contributed by atoms with van der Waals surface area (Å²) in [4.78, 5) is 9.20. The molecule has 5 aromatic rings. The van der Waals surface area contributed by atoms with Gasteiger partial charge in [0.05, 0.1) is 28.8 Å². The molecule has 0 saturated carbocycles. The maximum Gasteiger partial charge on any atom is 0.177 e. The molecule has 0 atom stereocenters. The van der Waals surface area contributed by atoms with Crippen molar-refractivity contribution in [2.75, 3.05) is 0 Å². The van der Waals surface area contributed by atoms with Gasteiger partial charge in [0.15, 0.2) is 5.82 Å². The first-order chi connectivity index (χ1) is 15.0. The van der Waals surface area contributed by atoms with Crippen LogP contribution in [0.3, 0.4) is 0 Å². The molecule has 0 spiro atoms. The number of hydrogen-bond acceptors (Lipinski definition) is 4. The van der Waals surface area contributed by atoms with Crippen molar-refractivity contribution >= 4 is 10.9 Å². The van der Waals surface area contributed by atoms with Gasteiger partial charge in [0.2, 0.25) is 0 Å². The van der Waals surface area contributed by atoms with Gasteiger partial charge in [-0.15, -0.1) is 0 Å². The van der Waals surface area contributed by atoms with E-state index in [0.717, 1.165) is 45.8 Å². The summed E-state index contributed by atoms with van der Waals surface area (Å²) in [6.07, 6.45) is 4.44. The molecule has 6 heteroatoms. The molecule has 1 N–H and O–H groups in total. The van der Waals surface area contributed by atoms with Crippen molar-refractivity contribution in [1.29, 1.82) is 0 Å². The molecular weight excluding hydrogens is 386 g/mol. The fraction of sp³-hybridized carbons (Fsp3) is 0.160. The second-order valence-electron chi connectivity index (χ2n) is 7.68. The number of aromatic nitrogens is 5. The van der Waals surface area contributed by atoms with Gasteiger partial charge in [-0.1, -0.05) is 37.3 Å². The lowest BCUT2D eigenvalue weighted by Crippen LogP contribution is -2.10. The van der Waals surface area contributed by atoms with E-state index in [9.17, 15) is 5.11 Å². The van der Waals surface area contributed by atoms with Crippen molar-refractivity contribution in [2.24, 2.45) is 0 Å². The van der Waals surface area contributed by atoms with Crippen LogP contribution in [0.5, 0.6) is 5.75 Å². The smallest absolute Gasteiger partial charge is 0.177 e. The molecule has 2 aromatic carbocycles. The number of aromatic hydroxyl groups is 1. The Kier molecular flexibility index (Phi) is 4.55. The average Bonchev–Trinajstić information content (AvgIpc) is 3.37. The van der Waals surface area contributed by atoms with Gasteiger partial charge >= 0.3 is 0 Å². The van der Waals surface area contributed by atoms with Crippen LogP contribution in [-0.4, -0.2) is 29.4 Å². The monoisotopic (exact) mass is 409 g/mol. The molecule has 154 valence electrons. The minimum Gasteiger partial charge on any atom is -0.506 e. The normalized spacial score (nSPS) is 11.3. The van der Waals surface area contributed by atoms with Crippen LogP contribution in [0.25, 0.3) is 33.8 Å². The standard InChI is InChI=1S/C25H23N5O/c1-4-18-8-7-9-19(12-18)21-13-24(29-15-23(31)20-10-5-6-11-22(20)29)30(28-21)25-17(3)26-14-16(2)27-25/h5-15,31H,4H2,1-3H3. The summed E-state index contributed by atoms with van der Waals surface area (Å²) < 4.78 is 3.77. The summed E-state index contributed by atoms with van der Waals surface area (Å²) >= 11 is 0. The number of benzene rings is 2. The molecule has 0 amide bonds. The zero-order chi connectivity index (χ0) is 21.5. The van der Waals surface area contributed by atoms with Crippen molar-refractivity contribution < 1.29 is 5.11 Å². The summed E-state index contributed by atoms with van der Waals surface area (Å²) in [5.74, 6) is 1.69. The number of nitrogens with zero attached hydrogens (tertiary/aromatic N) is 5. The largest absolute Gasteiger partial charge is 0.506 e. The lowest BCUT2D eigenvalue weighted by molar-refractivity contribution is 0.480. The highest BCUT2D eigenvalue weighted by atomic mass is 16.3. The first-order valence-electron chi connectivity index (χ1n) is 10.3. The Balaban J connectivity index is 1.80. The minimum atomic E-state index is 0.227. The molecule has 31 heavy (non-hydrogen) atoms. The van der Waals surface area contributed by atoms with Gasteiger partial charge in [-0.25, -0.2) is 4.98 Å². The molecule has 3 heterocycles. The fourth-order valence-corrected chi connectivity index (χ4v) is 3.87. The highest BCUT2D eigenvalue weighted by Gasteiger charge is 2.19. The Morgan fingerprint density at radius 2 is 1.84 bits per heavy atom. The van der Waals surface area contributed by atoms with E-state index in [4.69, 9.17) is 10.1 Å². The summed E-state index contributed by atoms with van der Waals surface area (Å²) in [6.45, 7) is 5.99. The number of hydrogen-bond donors (Lipinski definition) is 1. The van der Waals surface area contributed by atoms with Crippen molar-refractivity contribution in [3.8, 4) is 28.6 Å². The number of fused-ring (bicyclic) bond motifs is 1. The van der Waals surface area contributed by atoms with E-state index in [2.05, 4.69) is 36.2 Å². The van der Waals surface area contributed by atoms with E-state index >= 15 is 0 Å². The number of rotatable bonds is 4. The quantitative estimate of drug-likeness (QED) is 0.445. The molecule has 0 saturated heterocycles. The first-order valence-corrected chi connectivity index (χ1v) is 10.3. The molecule has 3 aromatic heterocycles. The van der Waals surface area contributed by atoms with Crippen LogP contribution in [-0.2, 0) is 6.42 Å². The lowest BCUT2D eigenvalue weighted by Gasteiger charge is -2.11. The minimum absolute atomic E-state index is 0.227. The van der Waals surface area contributed by atoms with Crippen molar-refractivity contribution in [1.82, 2.24) is 24.3 Å². The predicted octanol–water partition coefficient (Wildman–Crippen LogP) is 5.16. The van der Waals surface area contributed by atoms with Gasteiger partial charge in [0, 0.05) is 23.2 Å². The van der Waals surface area contributed by atoms with Crippen LogP contribution in [0, 0.1) is 13.8 Å². The SMILES string of the molecule is CCc1cccc(-c2cc(-n3cc(O)c4ccccc43)n(-c3nc(C)cnc3C)n2)c1. The van der Waals surface area contributed by atoms with E-state index in [1.165, 1.54) is 5.56 Å². The van der Waals surface area contributed by atoms with E-state index in [1.54, 1.807) is 12.4 Å². The molecule has 5 rings (SSSR count). The van der Waals surface area contributed by atoms with Crippen molar-refractivity contribution in [2.45, 2.75) is 27.2 Å². The van der Waals surface area contributed by atoms with Crippen molar-refractivity contribution in [3.63, 3.8) is 0 Å².